The number of nitrogens with one attached hydrogen (secondary N) is 1. The number of carbonyl (C=O) groups is 1. The quantitative estimate of drug-likeness (QED) is 0.686. The summed E-state index contributed by atoms with van der Waals surface area (Å²) in [7, 11) is 0. The Balaban J connectivity index is 2.30. The lowest BCUT2D eigenvalue weighted by Gasteiger charge is -2.05. The van der Waals surface area contributed by atoms with E-state index in [2.05, 4.69) is 15.3 Å². The van der Waals surface area contributed by atoms with E-state index in [0.29, 0.717) is 5.69 Å². The predicted octanol–water partition coefficient (Wildman–Crippen LogP) is 2.29. The van der Waals surface area contributed by atoms with Crippen LogP contribution in [-0.2, 0) is 0 Å². The van der Waals surface area contributed by atoms with Crippen LogP contribution in [0.4, 0.5) is 11.4 Å². The van der Waals surface area contributed by atoms with Gasteiger partial charge in [0, 0.05) is 6.07 Å². The first-order chi connectivity index (χ1) is 9.09. The van der Waals surface area contributed by atoms with Crippen molar-refractivity contribution in [3.8, 4) is 0 Å². The zero-order valence-corrected chi connectivity index (χ0v) is 10.2. The molecule has 1 amide bonds. The molecule has 0 aliphatic rings. The van der Waals surface area contributed by atoms with Crippen LogP contribution in [0.3, 0.4) is 0 Å². The smallest absolute Gasteiger partial charge is 0.288 e. The maximum absolute atomic E-state index is 11.9. The van der Waals surface area contributed by atoms with Crippen molar-refractivity contribution < 1.29 is 9.72 Å². The molecule has 2 aromatic rings. The van der Waals surface area contributed by atoms with Crippen LogP contribution in [0.25, 0.3) is 0 Å². The van der Waals surface area contributed by atoms with Gasteiger partial charge >= 0.3 is 0 Å². The molecule has 0 spiro atoms. The number of anilines is 1. The largest absolute Gasteiger partial charge is 0.319 e. The van der Waals surface area contributed by atoms with E-state index in [1.807, 2.05) is 0 Å². The van der Waals surface area contributed by atoms with Crippen LogP contribution >= 0.6 is 11.6 Å². The molecule has 0 fully saturated rings. The SMILES string of the molecule is O=C(Nc1cncnc1)c1cccc([N+](=O)[O-])c1Cl. The number of halogens is 1. The Bertz CT molecular complexity index is 633. The lowest BCUT2D eigenvalue weighted by molar-refractivity contribution is -0.384. The fourth-order valence-electron chi connectivity index (χ4n) is 1.40. The Kier molecular flexibility index (Phi) is 3.67. The number of carbonyl (C=O) groups excluding carboxylic acids is 1. The molecule has 0 radical (unpaired) electrons. The van der Waals surface area contributed by atoms with E-state index >= 15 is 0 Å². The summed E-state index contributed by atoms with van der Waals surface area (Å²) in [5, 5.41) is 13.0. The highest BCUT2D eigenvalue weighted by Gasteiger charge is 2.19. The first kappa shape index (κ1) is 12.9. The molecule has 19 heavy (non-hydrogen) atoms. The summed E-state index contributed by atoms with van der Waals surface area (Å²) >= 11 is 5.83. The Morgan fingerprint density at radius 1 is 1.32 bits per heavy atom. The molecule has 0 saturated carbocycles. The zero-order chi connectivity index (χ0) is 13.8. The van der Waals surface area contributed by atoms with Gasteiger partial charge in [-0.25, -0.2) is 9.97 Å². The van der Waals surface area contributed by atoms with Crippen LogP contribution in [0, 0.1) is 10.1 Å². The van der Waals surface area contributed by atoms with E-state index in [-0.39, 0.29) is 16.3 Å². The van der Waals surface area contributed by atoms with E-state index < -0.39 is 10.8 Å². The van der Waals surface area contributed by atoms with Gasteiger partial charge in [-0.3, -0.25) is 14.9 Å². The van der Waals surface area contributed by atoms with Gasteiger partial charge < -0.3 is 5.32 Å². The number of aromatic nitrogens is 2. The standard InChI is InChI=1S/C11H7ClN4O3/c12-10-8(2-1-3-9(10)16(18)19)11(17)15-7-4-13-6-14-5-7/h1-6H,(H,15,17). The Labute approximate surface area is 112 Å². The van der Waals surface area contributed by atoms with Crippen LogP contribution in [0.1, 0.15) is 10.4 Å². The minimum absolute atomic E-state index is 0.0136. The summed E-state index contributed by atoms with van der Waals surface area (Å²) < 4.78 is 0. The molecule has 96 valence electrons. The van der Waals surface area contributed by atoms with Gasteiger partial charge in [-0.2, -0.15) is 0 Å². The third-order valence-electron chi connectivity index (χ3n) is 2.24. The molecule has 0 atom stereocenters. The van der Waals surface area contributed by atoms with E-state index in [0.717, 1.165) is 0 Å². The third-order valence-corrected chi connectivity index (χ3v) is 2.64. The molecule has 1 heterocycles. The van der Waals surface area contributed by atoms with Crippen molar-refractivity contribution in [3.05, 3.63) is 57.6 Å². The summed E-state index contributed by atoms with van der Waals surface area (Å²) in [6.07, 6.45) is 4.11. The normalized spacial score (nSPS) is 9.95. The average Bonchev–Trinajstić information content (AvgIpc) is 2.39. The second-order valence-electron chi connectivity index (χ2n) is 3.48. The first-order valence-corrected chi connectivity index (χ1v) is 5.46. The molecule has 0 saturated heterocycles. The highest BCUT2D eigenvalue weighted by atomic mass is 35.5. The topological polar surface area (TPSA) is 98.0 Å². The number of nitrogens with zero attached hydrogens (tertiary/aromatic N) is 3. The van der Waals surface area contributed by atoms with Crippen molar-refractivity contribution in [3.63, 3.8) is 0 Å². The predicted molar refractivity (Wildman–Crippen MR) is 68.1 cm³/mol. The van der Waals surface area contributed by atoms with Crippen molar-refractivity contribution in [2.45, 2.75) is 0 Å². The van der Waals surface area contributed by atoms with E-state index in [1.165, 1.54) is 36.9 Å². The molecule has 0 unspecified atom stereocenters. The third kappa shape index (κ3) is 2.83. The number of benzene rings is 1. The summed E-state index contributed by atoms with van der Waals surface area (Å²) in [4.78, 5) is 29.5. The molecule has 8 heteroatoms. The van der Waals surface area contributed by atoms with E-state index in [9.17, 15) is 14.9 Å². The number of rotatable bonds is 3. The van der Waals surface area contributed by atoms with Gasteiger partial charge in [0.15, 0.2) is 0 Å². The maximum Gasteiger partial charge on any atom is 0.288 e. The Morgan fingerprint density at radius 2 is 2.00 bits per heavy atom. The van der Waals surface area contributed by atoms with Crippen LogP contribution in [0.15, 0.2) is 36.9 Å². The van der Waals surface area contributed by atoms with Crippen LogP contribution in [-0.4, -0.2) is 20.8 Å². The molecule has 0 aliphatic carbocycles. The van der Waals surface area contributed by atoms with Crippen LogP contribution < -0.4 is 5.32 Å². The van der Waals surface area contributed by atoms with Gasteiger partial charge in [0.1, 0.15) is 11.3 Å². The molecule has 1 N–H and O–H groups in total. The number of amides is 1. The fraction of sp³-hybridized carbons (Fsp3) is 0. The molecule has 0 aliphatic heterocycles. The van der Waals surface area contributed by atoms with Crippen LogP contribution in [0.5, 0.6) is 0 Å². The van der Waals surface area contributed by atoms with Crippen molar-refractivity contribution in [2.75, 3.05) is 5.32 Å². The molecule has 1 aromatic heterocycles. The molecule has 1 aromatic carbocycles. The van der Waals surface area contributed by atoms with E-state index in [4.69, 9.17) is 11.6 Å². The fourth-order valence-corrected chi connectivity index (χ4v) is 1.68. The highest BCUT2D eigenvalue weighted by Crippen LogP contribution is 2.28. The minimum atomic E-state index is -0.648. The second kappa shape index (κ2) is 5.40. The Morgan fingerprint density at radius 3 is 2.63 bits per heavy atom. The zero-order valence-electron chi connectivity index (χ0n) is 9.41. The molecular formula is C11H7ClN4O3. The lowest BCUT2D eigenvalue weighted by Crippen LogP contribution is -2.13. The molecule has 0 bridgehead atoms. The molecular weight excluding hydrogens is 272 g/mol. The van der Waals surface area contributed by atoms with Gasteiger partial charge in [0.25, 0.3) is 11.6 Å². The number of hydrogen-bond donors (Lipinski definition) is 1. The van der Waals surface area contributed by atoms with Gasteiger partial charge in [-0.1, -0.05) is 17.7 Å². The Hall–Kier alpha value is -2.54. The first-order valence-electron chi connectivity index (χ1n) is 5.09. The van der Waals surface area contributed by atoms with Gasteiger partial charge in [-0.05, 0) is 6.07 Å². The van der Waals surface area contributed by atoms with E-state index in [1.54, 1.807) is 0 Å². The highest BCUT2D eigenvalue weighted by molar-refractivity contribution is 6.36. The van der Waals surface area contributed by atoms with Crippen LogP contribution in [0.2, 0.25) is 5.02 Å². The lowest BCUT2D eigenvalue weighted by atomic mass is 10.2. The van der Waals surface area contributed by atoms with Crippen molar-refractivity contribution >= 4 is 28.9 Å². The van der Waals surface area contributed by atoms with Gasteiger partial charge in [0.05, 0.1) is 28.6 Å². The monoisotopic (exact) mass is 278 g/mol. The summed E-state index contributed by atoms with van der Waals surface area (Å²) in [6.45, 7) is 0. The van der Waals surface area contributed by atoms with Crippen molar-refractivity contribution in [1.82, 2.24) is 9.97 Å². The van der Waals surface area contributed by atoms with Gasteiger partial charge in [0.2, 0.25) is 0 Å². The average molecular weight is 279 g/mol. The molecule has 7 nitrogen and oxygen atoms in total. The maximum atomic E-state index is 11.9. The van der Waals surface area contributed by atoms with Gasteiger partial charge in [-0.15, -0.1) is 0 Å². The summed E-state index contributed by atoms with van der Waals surface area (Å²) in [5.74, 6) is -0.566. The number of hydrogen-bond acceptors (Lipinski definition) is 5. The number of nitro benzene ring substituents is 1. The minimum Gasteiger partial charge on any atom is -0.319 e. The van der Waals surface area contributed by atoms with Crippen molar-refractivity contribution in [1.29, 1.82) is 0 Å². The summed E-state index contributed by atoms with van der Waals surface area (Å²) in [6, 6.07) is 4.01. The van der Waals surface area contributed by atoms with Crippen molar-refractivity contribution in [2.24, 2.45) is 0 Å². The second-order valence-corrected chi connectivity index (χ2v) is 3.86. The summed E-state index contributed by atoms with van der Waals surface area (Å²) in [5.41, 5.74) is 0.0634. The molecule has 2 rings (SSSR count). The number of nitro groups is 1.